The zero-order chi connectivity index (χ0) is 36.8. The summed E-state index contributed by atoms with van der Waals surface area (Å²) in [7, 11) is 4.05. The number of carbonyl (C=O) groups is 3. The summed E-state index contributed by atoms with van der Waals surface area (Å²) in [6.07, 6.45) is 37.8. The largest absolute Gasteiger partial charge is 0.356 e. The van der Waals surface area contributed by atoms with Gasteiger partial charge in [0.05, 0.1) is 0 Å². The molecule has 296 valence electrons. The standard InChI is InChI=1S/C43H86N4O3/c1-5-7-9-11-13-15-17-19-21-23-25-27-29-35-41(48)44-37-32-31-34-40(43(50)45-38-33-39-47(3)4)46-42(49)36-30-28-26-24-22-20-18-16-14-12-10-8-6-2/h40H,5-39H2,1-4H3,(H,44,48)(H,45,50)(H,46,49). The van der Waals surface area contributed by atoms with E-state index in [1.54, 1.807) is 0 Å². The Morgan fingerprint density at radius 2 is 0.820 bits per heavy atom. The number of hydrogen-bond acceptors (Lipinski definition) is 4. The van der Waals surface area contributed by atoms with E-state index in [2.05, 4.69) is 34.7 Å². The van der Waals surface area contributed by atoms with Gasteiger partial charge >= 0.3 is 0 Å². The van der Waals surface area contributed by atoms with Crippen molar-refractivity contribution < 1.29 is 14.4 Å². The smallest absolute Gasteiger partial charge is 0.242 e. The lowest BCUT2D eigenvalue weighted by atomic mass is 10.0. The summed E-state index contributed by atoms with van der Waals surface area (Å²) in [5, 5.41) is 9.12. The molecule has 50 heavy (non-hydrogen) atoms. The van der Waals surface area contributed by atoms with E-state index in [0.29, 0.717) is 32.4 Å². The Hall–Kier alpha value is -1.63. The van der Waals surface area contributed by atoms with Crippen LogP contribution < -0.4 is 16.0 Å². The molecular formula is C43H86N4O3. The molecule has 7 heteroatoms. The molecule has 7 nitrogen and oxygen atoms in total. The van der Waals surface area contributed by atoms with Gasteiger partial charge in [0.15, 0.2) is 0 Å². The number of amides is 3. The van der Waals surface area contributed by atoms with Gasteiger partial charge in [-0.25, -0.2) is 0 Å². The van der Waals surface area contributed by atoms with Crippen LogP contribution >= 0.6 is 0 Å². The second kappa shape index (κ2) is 38.6. The summed E-state index contributed by atoms with van der Waals surface area (Å²) < 4.78 is 0. The van der Waals surface area contributed by atoms with Gasteiger partial charge < -0.3 is 20.9 Å². The van der Waals surface area contributed by atoms with Crippen LogP contribution in [-0.2, 0) is 14.4 Å². The lowest BCUT2D eigenvalue weighted by Crippen LogP contribution is -2.47. The highest BCUT2D eigenvalue weighted by Crippen LogP contribution is 2.14. The zero-order valence-corrected chi connectivity index (χ0v) is 34.0. The van der Waals surface area contributed by atoms with Crippen molar-refractivity contribution in [1.29, 1.82) is 0 Å². The molecule has 0 aromatic heterocycles. The van der Waals surface area contributed by atoms with Gasteiger partial charge in [0, 0.05) is 25.9 Å². The van der Waals surface area contributed by atoms with E-state index in [-0.39, 0.29) is 17.7 Å². The van der Waals surface area contributed by atoms with Crippen LogP contribution in [0.2, 0.25) is 0 Å². The van der Waals surface area contributed by atoms with Crippen molar-refractivity contribution >= 4 is 17.7 Å². The van der Waals surface area contributed by atoms with Gasteiger partial charge in [-0.1, -0.05) is 168 Å². The maximum atomic E-state index is 13.0. The fraction of sp³-hybridized carbons (Fsp3) is 0.930. The summed E-state index contributed by atoms with van der Waals surface area (Å²) in [5.41, 5.74) is 0. The van der Waals surface area contributed by atoms with Crippen LogP contribution in [0.25, 0.3) is 0 Å². The Labute approximate surface area is 311 Å². The van der Waals surface area contributed by atoms with Crippen LogP contribution in [0.5, 0.6) is 0 Å². The summed E-state index contributed by atoms with van der Waals surface area (Å²) in [5.74, 6) is 0.0240. The lowest BCUT2D eigenvalue weighted by molar-refractivity contribution is -0.129. The third-order valence-corrected chi connectivity index (χ3v) is 9.99. The Bertz CT molecular complexity index is 760. The highest BCUT2D eigenvalue weighted by molar-refractivity contribution is 5.87. The van der Waals surface area contributed by atoms with Crippen molar-refractivity contribution in [2.45, 2.75) is 225 Å². The van der Waals surface area contributed by atoms with Crippen LogP contribution in [0.1, 0.15) is 219 Å². The molecule has 0 heterocycles. The third-order valence-electron chi connectivity index (χ3n) is 9.99. The molecule has 0 spiro atoms. The van der Waals surface area contributed by atoms with Crippen LogP contribution in [0.3, 0.4) is 0 Å². The number of carbonyl (C=O) groups excluding carboxylic acids is 3. The van der Waals surface area contributed by atoms with Crippen LogP contribution in [-0.4, -0.2) is 62.4 Å². The number of rotatable bonds is 39. The highest BCUT2D eigenvalue weighted by atomic mass is 16.2. The molecule has 3 N–H and O–H groups in total. The van der Waals surface area contributed by atoms with E-state index in [0.717, 1.165) is 51.5 Å². The molecule has 0 bridgehead atoms. The molecule has 0 rings (SSSR count). The molecule has 0 aliphatic carbocycles. The van der Waals surface area contributed by atoms with Crippen molar-refractivity contribution in [2.75, 3.05) is 33.7 Å². The zero-order valence-electron chi connectivity index (χ0n) is 34.0. The average molecular weight is 707 g/mol. The Morgan fingerprint density at radius 3 is 1.24 bits per heavy atom. The van der Waals surface area contributed by atoms with Crippen LogP contribution in [0.4, 0.5) is 0 Å². The Balaban J connectivity index is 4.08. The van der Waals surface area contributed by atoms with Crippen LogP contribution in [0.15, 0.2) is 0 Å². The van der Waals surface area contributed by atoms with E-state index in [4.69, 9.17) is 0 Å². The number of unbranched alkanes of at least 4 members (excludes halogenated alkanes) is 25. The van der Waals surface area contributed by atoms with Crippen molar-refractivity contribution in [2.24, 2.45) is 0 Å². The molecule has 1 atom stereocenters. The molecule has 0 aromatic carbocycles. The maximum Gasteiger partial charge on any atom is 0.242 e. The minimum absolute atomic E-state index is 0.0207. The van der Waals surface area contributed by atoms with Gasteiger partial charge in [0.2, 0.25) is 17.7 Å². The Kier molecular flexibility index (Phi) is 37.3. The van der Waals surface area contributed by atoms with Crippen molar-refractivity contribution in [3.05, 3.63) is 0 Å². The lowest BCUT2D eigenvalue weighted by Gasteiger charge is -2.19. The number of nitrogens with one attached hydrogen (secondary N) is 3. The minimum atomic E-state index is -0.509. The van der Waals surface area contributed by atoms with Crippen molar-refractivity contribution in [3.63, 3.8) is 0 Å². The average Bonchev–Trinajstić information content (AvgIpc) is 3.09. The first kappa shape index (κ1) is 48.4. The highest BCUT2D eigenvalue weighted by Gasteiger charge is 2.20. The van der Waals surface area contributed by atoms with Crippen molar-refractivity contribution in [3.8, 4) is 0 Å². The molecule has 0 aliphatic rings. The summed E-state index contributed by atoms with van der Waals surface area (Å²) in [6, 6.07) is -0.509. The number of nitrogens with zero attached hydrogens (tertiary/aromatic N) is 1. The molecule has 3 amide bonds. The molecule has 0 aromatic rings. The fourth-order valence-corrected chi connectivity index (χ4v) is 6.66. The molecule has 1 unspecified atom stereocenters. The minimum Gasteiger partial charge on any atom is -0.356 e. The molecular weight excluding hydrogens is 620 g/mol. The van der Waals surface area contributed by atoms with E-state index in [9.17, 15) is 14.4 Å². The van der Waals surface area contributed by atoms with Gasteiger partial charge in [-0.3, -0.25) is 14.4 Å². The van der Waals surface area contributed by atoms with Crippen LogP contribution in [0, 0.1) is 0 Å². The van der Waals surface area contributed by atoms with Crippen molar-refractivity contribution in [1.82, 2.24) is 20.9 Å². The first-order valence-corrected chi connectivity index (χ1v) is 21.9. The summed E-state index contributed by atoms with van der Waals surface area (Å²) in [4.78, 5) is 40.2. The van der Waals surface area contributed by atoms with E-state index in [1.165, 1.54) is 141 Å². The van der Waals surface area contributed by atoms with Gasteiger partial charge in [0.1, 0.15) is 6.04 Å². The molecule has 0 radical (unpaired) electrons. The summed E-state index contributed by atoms with van der Waals surface area (Å²) >= 11 is 0. The monoisotopic (exact) mass is 707 g/mol. The van der Waals surface area contributed by atoms with Gasteiger partial charge in [-0.2, -0.15) is 0 Å². The Morgan fingerprint density at radius 1 is 0.440 bits per heavy atom. The summed E-state index contributed by atoms with van der Waals surface area (Å²) in [6.45, 7) is 6.69. The predicted octanol–water partition coefficient (Wildman–Crippen LogP) is 10.8. The van der Waals surface area contributed by atoms with Gasteiger partial charge in [-0.15, -0.1) is 0 Å². The van der Waals surface area contributed by atoms with E-state index in [1.807, 2.05) is 14.1 Å². The molecule has 0 saturated heterocycles. The molecule has 0 aliphatic heterocycles. The first-order chi connectivity index (χ1) is 24.4. The second-order valence-corrected chi connectivity index (χ2v) is 15.4. The maximum absolute atomic E-state index is 13.0. The fourth-order valence-electron chi connectivity index (χ4n) is 6.66. The number of hydrogen-bond donors (Lipinski definition) is 3. The second-order valence-electron chi connectivity index (χ2n) is 15.4. The normalized spacial score (nSPS) is 11.9. The van der Waals surface area contributed by atoms with Gasteiger partial charge in [-0.05, 0) is 59.2 Å². The third kappa shape index (κ3) is 36.2. The van der Waals surface area contributed by atoms with Gasteiger partial charge in [0.25, 0.3) is 0 Å². The predicted molar refractivity (Wildman–Crippen MR) is 216 cm³/mol. The van der Waals surface area contributed by atoms with E-state index < -0.39 is 6.04 Å². The molecule has 0 saturated carbocycles. The topological polar surface area (TPSA) is 90.5 Å². The molecule has 0 fully saturated rings. The van der Waals surface area contributed by atoms with E-state index >= 15 is 0 Å². The SMILES string of the molecule is CCCCCCCCCCCCCCCC(=O)NCCCCC(NC(=O)CCCCCCCCCCCCCCC)C(=O)NCCCN(C)C. The first-order valence-electron chi connectivity index (χ1n) is 21.9. The quantitative estimate of drug-likeness (QED) is 0.0555.